The Labute approximate surface area is 166 Å². The molecule has 0 bridgehead atoms. The van der Waals surface area contributed by atoms with Gasteiger partial charge in [0.1, 0.15) is 17.1 Å². The van der Waals surface area contributed by atoms with E-state index in [1.54, 1.807) is 38.3 Å². The van der Waals surface area contributed by atoms with E-state index in [0.29, 0.717) is 29.1 Å². The van der Waals surface area contributed by atoms with Gasteiger partial charge in [0.05, 0.1) is 19.3 Å². The van der Waals surface area contributed by atoms with E-state index in [4.69, 9.17) is 32.7 Å². The fraction of sp³-hybridized carbons (Fsp3) is 0.150. The molecule has 5 nitrogen and oxygen atoms in total. The van der Waals surface area contributed by atoms with E-state index in [-0.39, 0.29) is 16.3 Å². The third-order valence-electron chi connectivity index (χ3n) is 3.84. The van der Waals surface area contributed by atoms with Gasteiger partial charge in [0.2, 0.25) is 0 Å². The van der Waals surface area contributed by atoms with Crippen LogP contribution in [0.2, 0.25) is 10.3 Å². The Kier molecular flexibility index (Phi) is 5.94. The average Bonchev–Trinajstić information content (AvgIpc) is 2.69. The van der Waals surface area contributed by atoms with Gasteiger partial charge in [0.25, 0.3) is 0 Å². The molecule has 0 amide bonds. The lowest BCUT2D eigenvalue weighted by atomic mass is 10.1. The molecule has 27 heavy (non-hydrogen) atoms. The maximum Gasteiger partial charge on any atom is 0.338 e. The van der Waals surface area contributed by atoms with E-state index < -0.39 is 0 Å². The van der Waals surface area contributed by atoms with Crippen LogP contribution in [-0.4, -0.2) is 29.7 Å². The van der Waals surface area contributed by atoms with Gasteiger partial charge in [-0.25, -0.2) is 14.8 Å². The largest absolute Gasteiger partial charge is 0.497 e. The minimum Gasteiger partial charge on any atom is -0.497 e. The van der Waals surface area contributed by atoms with Crippen LogP contribution in [0, 0.1) is 0 Å². The SMILES string of the molecule is CCOC(=O)c1ccc(-c2nc(-c3ccc(OC)cc3)c(Cl)nc2Cl)cc1. The molecular weight excluding hydrogens is 387 g/mol. The quantitative estimate of drug-likeness (QED) is 0.541. The first-order valence-electron chi connectivity index (χ1n) is 8.18. The predicted molar refractivity (Wildman–Crippen MR) is 105 cm³/mol. The first-order chi connectivity index (χ1) is 13.0. The van der Waals surface area contributed by atoms with Crippen molar-refractivity contribution < 1.29 is 14.3 Å². The molecule has 3 aromatic rings. The van der Waals surface area contributed by atoms with Crippen LogP contribution in [0.5, 0.6) is 5.75 Å². The lowest BCUT2D eigenvalue weighted by Gasteiger charge is -2.10. The molecule has 0 aliphatic heterocycles. The number of benzene rings is 2. The number of esters is 1. The Morgan fingerprint density at radius 2 is 1.41 bits per heavy atom. The normalized spacial score (nSPS) is 10.5. The Bertz CT molecular complexity index is 958. The number of aromatic nitrogens is 2. The lowest BCUT2D eigenvalue weighted by molar-refractivity contribution is 0.0526. The summed E-state index contributed by atoms with van der Waals surface area (Å²) in [6.07, 6.45) is 0. The first-order valence-corrected chi connectivity index (χ1v) is 8.94. The summed E-state index contributed by atoms with van der Waals surface area (Å²) in [5.74, 6) is 0.350. The van der Waals surface area contributed by atoms with E-state index in [2.05, 4.69) is 9.97 Å². The summed E-state index contributed by atoms with van der Waals surface area (Å²) >= 11 is 12.5. The van der Waals surface area contributed by atoms with E-state index >= 15 is 0 Å². The molecule has 3 rings (SSSR count). The monoisotopic (exact) mass is 402 g/mol. The number of methoxy groups -OCH3 is 1. The van der Waals surface area contributed by atoms with Crippen molar-refractivity contribution in [2.24, 2.45) is 0 Å². The zero-order valence-corrected chi connectivity index (χ0v) is 16.2. The van der Waals surface area contributed by atoms with Gasteiger partial charge in [-0.15, -0.1) is 0 Å². The molecule has 0 atom stereocenters. The average molecular weight is 403 g/mol. The molecule has 138 valence electrons. The molecule has 0 unspecified atom stereocenters. The molecule has 0 aliphatic carbocycles. The van der Waals surface area contributed by atoms with E-state index in [9.17, 15) is 4.79 Å². The van der Waals surface area contributed by atoms with Crippen molar-refractivity contribution in [3.05, 3.63) is 64.4 Å². The smallest absolute Gasteiger partial charge is 0.338 e. The molecule has 7 heteroatoms. The van der Waals surface area contributed by atoms with Crippen LogP contribution < -0.4 is 4.74 Å². The van der Waals surface area contributed by atoms with E-state index in [1.165, 1.54) is 0 Å². The van der Waals surface area contributed by atoms with Crippen LogP contribution in [0.1, 0.15) is 17.3 Å². The molecule has 0 spiro atoms. The van der Waals surface area contributed by atoms with Crippen molar-refractivity contribution in [3.63, 3.8) is 0 Å². The summed E-state index contributed by atoms with van der Waals surface area (Å²) in [6.45, 7) is 2.08. The topological polar surface area (TPSA) is 61.3 Å². The van der Waals surface area contributed by atoms with Crippen LogP contribution in [0.15, 0.2) is 48.5 Å². The highest BCUT2D eigenvalue weighted by atomic mass is 35.5. The summed E-state index contributed by atoms with van der Waals surface area (Å²) in [7, 11) is 1.60. The Morgan fingerprint density at radius 1 is 0.889 bits per heavy atom. The molecule has 1 heterocycles. The van der Waals surface area contributed by atoms with Gasteiger partial charge in [-0.2, -0.15) is 0 Å². The molecule has 0 saturated heterocycles. The molecule has 1 aromatic heterocycles. The van der Waals surface area contributed by atoms with Gasteiger partial charge in [-0.3, -0.25) is 0 Å². The Balaban J connectivity index is 1.99. The van der Waals surface area contributed by atoms with Crippen LogP contribution >= 0.6 is 23.2 Å². The summed E-state index contributed by atoms with van der Waals surface area (Å²) in [4.78, 5) is 20.6. The van der Waals surface area contributed by atoms with Gasteiger partial charge in [-0.1, -0.05) is 35.3 Å². The summed E-state index contributed by atoms with van der Waals surface area (Å²) in [5.41, 5.74) is 2.94. The minimum absolute atomic E-state index is 0.182. The highest BCUT2D eigenvalue weighted by molar-refractivity contribution is 6.35. The van der Waals surface area contributed by atoms with Crippen LogP contribution in [0.25, 0.3) is 22.5 Å². The number of halogens is 2. The Hall–Kier alpha value is -2.63. The van der Waals surface area contributed by atoms with Crippen LogP contribution in [0.3, 0.4) is 0 Å². The molecule has 0 aliphatic rings. The Morgan fingerprint density at radius 3 is 1.89 bits per heavy atom. The van der Waals surface area contributed by atoms with Crippen molar-refractivity contribution in [2.45, 2.75) is 6.92 Å². The lowest BCUT2D eigenvalue weighted by Crippen LogP contribution is -2.04. The number of carbonyl (C=O) groups is 1. The van der Waals surface area contributed by atoms with Gasteiger partial charge in [0.15, 0.2) is 10.3 Å². The molecular formula is C20H16Cl2N2O3. The maximum absolute atomic E-state index is 11.8. The standard InChI is InChI=1S/C20H16Cl2N2O3/c1-3-27-20(25)14-6-4-12(5-7-14)16-18(21)24-19(22)17(23-16)13-8-10-15(26-2)11-9-13/h4-11H,3H2,1-2H3. The summed E-state index contributed by atoms with van der Waals surface area (Å²) in [6, 6.07) is 14.1. The minimum atomic E-state index is -0.378. The molecule has 0 fully saturated rings. The van der Waals surface area contributed by atoms with E-state index in [0.717, 1.165) is 11.3 Å². The second-order valence-electron chi connectivity index (χ2n) is 5.53. The van der Waals surface area contributed by atoms with Crippen molar-refractivity contribution >= 4 is 29.2 Å². The van der Waals surface area contributed by atoms with Crippen molar-refractivity contribution in [1.82, 2.24) is 9.97 Å². The number of rotatable bonds is 5. The number of ether oxygens (including phenoxy) is 2. The fourth-order valence-electron chi connectivity index (χ4n) is 2.49. The van der Waals surface area contributed by atoms with Crippen molar-refractivity contribution in [2.75, 3.05) is 13.7 Å². The van der Waals surface area contributed by atoms with Gasteiger partial charge in [0, 0.05) is 11.1 Å². The van der Waals surface area contributed by atoms with Crippen LogP contribution in [-0.2, 0) is 4.74 Å². The predicted octanol–water partition coefficient (Wildman–Crippen LogP) is 5.30. The number of carbonyl (C=O) groups excluding carboxylic acids is 1. The van der Waals surface area contributed by atoms with Crippen LogP contribution in [0.4, 0.5) is 0 Å². The summed E-state index contributed by atoms with van der Waals surface area (Å²) in [5, 5.41) is 0.387. The highest BCUT2D eigenvalue weighted by Gasteiger charge is 2.15. The van der Waals surface area contributed by atoms with E-state index in [1.807, 2.05) is 24.3 Å². The van der Waals surface area contributed by atoms with Gasteiger partial charge < -0.3 is 9.47 Å². The molecule has 0 saturated carbocycles. The van der Waals surface area contributed by atoms with Gasteiger partial charge in [-0.05, 0) is 43.3 Å². The van der Waals surface area contributed by atoms with Crippen molar-refractivity contribution in [3.8, 4) is 28.3 Å². The van der Waals surface area contributed by atoms with Gasteiger partial charge >= 0.3 is 5.97 Å². The zero-order valence-electron chi connectivity index (χ0n) is 14.7. The molecule has 0 radical (unpaired) electrons. The summed E-state index contributed by atoms with van der Waals surface area (Å²) < 4.78 is 10.2. The number of hydrogen-bond acceptors (Lipinski definition) is 5. The number of hydrogen-bond donors (Lipinski definition) is 0. The first kappa shape index (κ1) is 19.1. The second kappa shape index (κ2) is 8.37. The molecule has 0 N–H and O–H groups in total. The molecule has 2 aromatic carbocycles. The third-order valence-corrected chi connectivity index (χ3v) is 4.37. The second-order valence-corrected chi connectivity index (χ2v) is 6.24. The third kappa shape index (κ3) is 4.21. The number of nitrogens with zero attached hydrogens (tertiary/aromatic N) is 2. The van der Waals surface area contributed by atoms with Crippen molar-refractivity contribution in [1.29, 1.82) is 0 Å². The fourth-order valence-corrected chi connectivity index (χ4v) is 3.01. The highest BCUT2D eigenvalue weighted by Crippen LogP contribution is 2.33. The maximum atomic E-state index is 11.8. The zero-order chi connectivity index (χ0) is 19.4.